The van der Waals surface area contributed by atoms with Gasteiger partial charge in [0.25, 0.3) is 5.56 Å². The third kappa shape index (κ3) is 2.81. The highest BCUT2D eigenvalue weighted by Gasteiger charge is 2.34. The average Bonchev–Trinajstić information content (AvgIpc) is 2.26. The Morgan fingerprint density at radius 1 is 1.21 bits per heavy atom. The molecule has 0 spiro atoms. The summed E-state index contributed by atoms with van der Waals surface area (Å²) in [5.74, 6) is -1.10. The molecule has 7 heteroatoms. The fourth-order valence-corrected chi connectivity index (χ4v) is 1.63. The number of nitrogens with one attached hydrogen (secondary N) is 1. The predicted octanol–water partition coefficient (Wildman–Crippen LogP) is 2.90. The van der Waals surface area contributed by atoms with Crippen LogP contribution in [0.1, 0.15) is 11.4 Å². The lowest BCUT2D eigenvalue weighted by Gasteiger charge is -2.10. The van der Waals surface area contributed by atoms with Gasteiger partial charge in [-0.15, -0.1) is 0 Å². The Bertz CT molecular complexity index is 676. The summed E-state index contributed by atoms with van der Waals surface area (Å²) in [4.78, 5) is 17.5. The van der Waals surface area contributed by atoms with E-state index in [0.717, 1.165) is 12.1 Å². The van der Waals surface area contributed by atoms with Crippen molar-refractivity contribution in [2.45, 2.75) is 13.1 Å². The van der Waals surface area contributed by atoms with Crippen molar-refractivity contribution in [3.63, 3.8) is 0 Å². The van der Waals surface area contributed by atoms with Crippen LogP contribution in [0.25, 0.3) is 11.3 Å². The van der Waals surface area contributed by atoms with Gasteiger partial charge >= 0.3 is 6.18 Å². The monoisotopic (exact) mass is 272 g/mol. The van der Waals surface area contributed by atoms with Crippen LogP contribution in [0.3, 0.4) is 0 Å². The number of hydrogen-bond acceptors (Lipinski definition) is 2. The number of hydrogen-bond donors (Lipinski definition) is 1. The summed E-state index contributed by atoms with van der Waals surface area (Å²) >= 11 is 0. The van der Waals surface area contributed by atoms with Gasteiger partial charge in [-0.2, -0.15) is 13.2 Å². The first-order valence-electron chi connectivity index (χ1n) is 5.22. The fraction of sp³-hybridized carbons (Fsp3) is 0.167. The first kappa shape index (κ1) is 13.3. The number of rotatable bonds is 1. The summed E-state index contributed by atoms with van der Waals surface area (Å²) in [6, 6.07) is 3.54. The van der Waals surface area contributed by atoms with Gasteiger partial charge in [-0.1, -0.05) is 0 Å². The van der Waals surface area contributed by atoms with Crippen molar-refractivity contribution in [1.29, 1.82) is 0 Å². The summed E-state index contributed by atoms with van der Waals surface area (Å²) in [6.07, 6.45) is -4.80. The van der Waals surface area contributed by atoms with E-state index in [1.54, 1.807) is 0 Å². The summed E-state index contributed by atoms with van der Waals surface area (Å²) in [6.45, 7) is 1.50. The number of alkyl halides is 3. The summed E-state index contributed by atoms with van der Waals surface area (Å²) in [7, 11) is 0. The van der Waals surface area contributed by atoms with Crippen molar-refractivity contribution >= 4 is 0 Å². The maximum absolute atomic E-state index is 13.1. The van der Waals surface area contributed by atoms with Crippen molar-refractivity contribution < 1.29 is 17.6 Å². The Morgan fingerprint density at radius 2 is 1.89 bits per heavy atom. The molecule has 0 aliphatic heterocycles. The molecule has 0 bridgehead atoms. The highest BCUT2D eigenvalue weighted by molar-refractivity contribution is 5.60. The molecule has 0 saturated heterocycles. The van der Waals surface area contributed by atoms with Crippen LogP contribution in [-0.2, 0) is 6.18 Å². The Morgan fingerprint density at radius 3 is 2.47 bits per heavy atom. The minimum absolute atomic E-state index is 0.0305. The molecule has 0 atom stereocenters. The lowest BCUT2D eigenvalue weighted by molar-refractivity contribution is -0.139. The normalized spacial score (nSPS) is 11.6. The standard InChI is InChI=1S/C12H8F4N2O/c1-6-17-10(5-11(19)18-6)7-2-3-9(13)8(4-7)12(14,15)16/h2-5H,1H3,(H,17,18,19). The van der Waals surface area contributed by atoms with Crippen molar-refractivity contribution in [2.24, 2.45) is 0 Å². The van der Waals surface area contributed by atoms with Gasteiger partial charge in [0, 0.05) is 11.6 Å². The lowest BCUT2D eigenvalue weighted by Crippen LogP contribution is -2.10. The van der Waals surface area contributed by atoms with Gasteiger partial charge in [-0.3, -0.25) is 4.79 Å². The molecule has 0 fully saturated rings. The SMILES string of the molecule is Cc1nc(-c2ccc(F)c(C(F)(F)F)c2)cc(=O)[nH]1. The summed E-state index contributed by atoms with van der Waals surface area (Å²) in [5, 5.41) is 0. The van der Waals surface area contributed by atoms with Gasteiger partial charge in [0.05, 0.1) is 11.3 Å². The maximum atomic E-state index is 13.1. The summed E-state index contributed by atoms with van der Waals surface area (Å²) < 4.78 is 50.9. The Kier molecular flexibility index (Phi) is 3.13. The highest BCUT2D eigenvalue weighted by Crippen LogP contribution is 2.33. The average molecular weight is 272 g/mol. The smallest absolute Gasteiger partial charge is 0.311 e. The van der Waals surface area contributed by atoms with Gasteiger partial charge in [0.15, 0.2) is 0 Å². The molecule has 100 valence electrons. The second-order valence-corrected chi connectivity index (χ2v) is 3.91. The van der Waals surface area contributed by atoms with E-state index in [4.69, 9.17) is 0 Å². The largest absolute Gasteiger partial charge is 0.419 e. The molecule has 19 heavy (non-hydrogen) atoms. The van der Waals surface area contributed by atoms with E-state index >= 15 is 0 Å². The topological polar surface area (TPSA) is 45.8 Å². The van der Waals surface area contributed by atoms with Crippen LogP contribution < -0.4 is 5.56 Å². The minimum atomic E-state index is -4.80. The molecule has 1 N–H and O–H groups in total. The number of aryl methyl sites for hydroxylation is 1. The molecule has 1 aromatic heterocycles. The number of halogens is 4. The quantitative estimate of drug-likeness (QED) is 0.811. The zero-order chi connectivity index (χ0) is 14.2. The molecule has 0 radical (unpaired) electrons. The van der Waals surface area contributed by atoms with Crippen molar-refractivity contribution in [2.75, 3.05) is 0 Å². The van der Waals surface area contributed by atoms with Gasteiger partial charge in [0.2, 0.25) is 0 Å². The van der Waals surface area contributed by atoms with Gasteiger partial charge < -0.3 is 4.98 Å². The van der Waals surface area contributed by atoms with E-state index in [9.17, 15) is 22.4 Å². The number of nitrogens with zero attached hydrogens (tertiary/aromatic N) is 1. The molecule has 0 aliphatic carbocycles. The van der Waals surface area contributed by atoms with Crippen LogP contribution in [0, 0.1) is 12.7 Å². The van der Waals surface area contributed by atoms with E-state index in [1.807, 2.05) is 0 Å². The van der Waals surface area contributed by atoms with Gasteiger partial charge in [-0.05, 0) is 25.1 Å². The molecule has 2 aromatic rings. The summed E-state index contributed by atoms with van der Waals surface area (Å²) in [5.41, 5.74) is -1.78. The number of H-pyrrole nitrogens is 1. The molecular weight excluding hydrogens is 264 g/mol. The molecular formula is C12H8F4N2O. The molecule has 0 saturated carbocycles. The van der Waals surface area contributed by atoms with Crippen molar-refractivity contribution in [3.05, 3.63) is 51.8 Å². The number of aromatic nitrogens is 2. The zero-order valence-corrected chi connectivity index (χ0v) is 9.68. The highest BCUT2D eigenvalue weighted by atomic mass is 19.4. The number of benzene rings is 1. The molecule has 1 heterocycles. The number of aromatic amines is 1. The Labute approximate surface area is 104 Å². The molecule has 3 nitrogen and oxygen atoms in total. The van der Waals surface area contributed by atoms with Crippen molar-refractivity contribution in [1.82, 2.24) is 9.97 Å². The van der Waals surface area contributed by atoms with E-state index in [1.165, 1.54) is 6.92 Å². The van der Waals surface area contributed by atoms with Crippen LogP contribution >= 0.6 is 0 Å². The first-order valence-corrected chi connectivity index (χ1v) is 5.22. The minimum Gasteiger partial charge on any atom is -0.311 e. The van der Waals surface area contributed by atoms with Crippen LogP contribution in [0.5, 0.6) is 0 Å². The predicted molar refractivity (Wildman–Crippen MR) is 60.0 cm³/mol. The fourth-order valence-electron chi connectivity index (χ4n) is 1.63. The van der Waals surface area contributed by atoms with Crippen LogP contribution in [0.2, 0.25) is 0 Å². The molecule has 2 rings (SSSR count). The van der Waals surface area contributed by atoms with Crippen LogP contribution in [0.4, 0.5) is 17.6 Å². The van der Waals surface area contributed by atoms with E-state index in [0.29, 0.717) is 12.1 Å². The third-order valence-corrected chi connectivity index (χ3v) is 2.43. The molecule has 0 unspecified atom stereocenters. The zero-order valence-electron chi connectivity index (χ0n) is 9.68. The molecule has 1 aromatic carbocycles. The van der Waals surface area contributed by atoms with Gasteiger partial charge in [0.1, 0.15) is 11.6 Å². The maximum Gasteiger partial charge on any atom is 0.419 e. The van der Waals surface area contributed by atoms with Crippen LogP contribution in [0.15, 0.2) is 29.1 Å². The van der Waals surface area contributed by atoms with Crippen LogP contribution in [-0.4, -0.2) is 9.97 Å². The van der Waals surface area contributed by atoms with Crippen molar-refractivity contribution in [3.8, 4) is 11.3 Å². The second kappa shape index (κ2) is 4.49. The second-order valence-electron chi connectivity index (χ2n) is 3.91. The molecule has 0 amide bonds. The Hall–Kier alpha value is -2.18. The van der Waals surface area contributed by atoms with Gasteiger partial charge in [-0.25, -0.2) is 9.37 Å². The Balaban J connectivity index is 2.61. The van der Waals surface area contributed by atoms with E-state index in [-0.39, 0.29) is 17.1 Å². The molecule has 0 aliphatic rings. The van der Waals surface area contributed by atoms with E-state index in [2.05, 4.69) is 9.97 Å². The first-order chi connectivity index (χ1) is 8.77. The lowest BCUT2D eigenvalue weighted by atomic mass is 10.1. The third-order valence-electron chi connectivity index (χ3n) is 2.43. The van der Waals surface area contributed by atoms with E-state index < -0.39 is 23.1 Å².